The number of benzene rings is 1. The van der Waals surface area contributed by atoms with Crippen LogP contribution in [-0.4, -0.2) is 25.9 Å². The lowest BCUT2D eigenvalue weighted by Gasteiger charge is -2.07. The average Bonchev–Trinajstić information content (AvgIpc) is 2.27. The summed E-state index contributed by atoms with van der Waals surface area (Å²) in [6.45, 7) is 1.56. The third-order valence-electron chi connectivity index (χ3n) is 2.13. The van der Waals surface area contributed by atoms with Gasteiger partial charge in [-0.1, -0.05) is 12.1 Å². The Morgan fingerprint density at radius 3 is 2.31 bits per heavy atom. The molecule has 2 aromatic rings. The third-order valence-corrected chi connectivity index (χ3v) is 2.13. The highest BCUT2D eigenvalue weighted by Gasteiger charge is 2.15. The number of hydrogen-bond donors (Lipinski definition) is 1. The predicted molar refractivity (Wildman–Crippen MR) is 58.0 cm³/mol. The number of aliphatic hydroxyl groups excluding tert-OH is 1. The molecule has 0 aliphatic rings. The lowest BCUT2D eigenvalue weighted by atomic mass is 10.2. The van der Waals surface area contributed by atoms with Crippen LogP contribution in [0.5, 0.6) is 0 Å². The van der Waals surface area contributed by atoms with E-state index in [9.17, 15) is 15.5 Å². The number of hydrogen-bond acceptors (Lipinski definition) is 4. The van der Waals surface area contributed by atoms with Gasteiger partial charge in [-0.05, 0) is 19.1 Å². The first kappa shape index (κ1) is 10.2. The van der Waals surface area contributed by atoms with Crippen molar-refractivity contribution in [2.75, 3.05) is 0 Å². The van der Waals surface area contributed by atoms with E-state index in [1.54, 1.807) is 31.2 Å². The molecule has 82 valence electrons. The zero-order valence-electron chi connectivity index (χ0n) is 8.41. The molecule has 0 spiro atoms. The Morgan fingerprint density at radius 2 is 1.75 bits per heavy atom. The van der Waals surface area contributed by atoms with Crippen LogP contribution in [-0.2, 0) is 0 Å². The fourth-order valence-electron chi connectivity index (χ4n) is 1.39. The second-order valence-corrected chi connectivity index (χ2v) is 3.23. The standard InChI is InChI=1S/C10H8N3O3/c1-6-9(10(14)13(15)16)12-8-5-3-2-4-7(8)11-6/h2-5H,1H3,(H-,11,12,14,15,16)/q-1. The molecule has 6 nitrogen and oxygen atoms in total. The lowest BCUT2D eigenvalue weighted by molar-refractivity contribution is -0.389. The van der Waals surface area contributed by atoms with E-state index in [4.69, 9.17) is 0 Å². The highest BCUT2D eigenvalue weighted by atomic mass is 16.8. The summed E-state index contributed by atoms with van der Waals surface area (Å²) in [7, 11) is 0. The highest BCUT2D eigenvalue weighted by Crippen LogP contribution is 2.12. The molecule has 16 heavy (non-hydrogen) atoms. The van der Waals surface area contributed by atoms with Gasteiger partial charge in [0.1, 0.15) is 0 Å². The Balaban J connectivity index is 2.73. The Morgan fingerprint density at radius 1 is 1.19 bits per heavy atom. The maximum Gasteiger partial charge on any atom is 0.412 e. The minimum Gasteiger partial charge on any atom is -0.610 e. The number of para-hydroxylation sites is 2. The number of aryl methyl sites for hydroxylation is 1. The molecule has 0 unspecified atom stereocenters. The average molecular weight is 218 g/mol. The van der Waals surface area contributed by atoms with Crippen LogP contribution in [0, 0.1) is 17.3 Å². The number of aliphatic hydroxyl groups is 1. The second-order valence-electron chi connectivity index (χ2n) is 3.23. The lowest BCUT2D eigenvalue weighted by Crippen LogP contribution is -2.15. The molecule has 0 aliphatic carbocycles. The molecular formula is C10H8N3O3-. The van der Waals surface area contributed by atoms with Gasteiger partial charge in [0.05, 0.1) is 16.7 Å². The maximum atomic E-state index is 10.4. The monoisotopic (exact) mass is 218 g/mol. The van der Waals surface area contributed by atoms with Crippen LogP contribution >= 0.6 is 0 Å². The van der Waals surface area contributed by atoms with Gasteiger partial charge in [0.25, 0.3) is 0 Å². The van der Waals surface area contributed by atoms with Gasteiger partial charge in [0.15, 0.2) is 5.69 Å². The van der Waals surface area contributed by atoms with Crippen molar-refractivity contribution in [3.05, 3.63) is 46.1 Å². The van der Waals surface area contributed by atoms with Gasteiger partial charge < -0.3 is 15.5 Å². The molecule has 2 rings (SSSR count). The van der Waals surface area contributed by atoms with Crippen LogP contribution < -0.4 is 0 Å². The van der Waals surface area contributed by atoms with E-state index < -0.39 is 10.8 Å². The minimum atomic E-state index is -0.976. The topological polar surface area (TPSA) is 95.1 Å². The molecule has 0 bridgehead atoms. The van der Waals surface area contributed by atoms with Gasteiger partial charge in [-0.25, -0.2) is 9.97 Å². The highest BCUT2D eigenvalue weighted by molar-refractivity contribution is 5.90. The summed E-state index contributed by atoms with van der Waals surface area (Å²) < 4.78 is 0. The van der Waals surface area contributed by atoms with E-state index in [0.29, 0.717) is 16.7 Å². The fourth-order valence-corrected chi connectivity index (χ4v) is 1.39. The van der Waals surface area contributed by atoms with Crippen LogP contribution in [0.2, 0.25) is 0 Å². The molecule has 0 aliphatic heterocycles. The molecule has 1 aromatic heterocycles. The first-order valence-corrected chi connectivity index (χ1v) is 4.53. The summed E-state index contributed by atoms with van der Waals surface area (Å²) in [5.74, 6) is -0.976. The van der Waals surface area contributed by atoms with E-state index in [1.807, 2.05) is 0 Å². The second kappa shape index (κ2) is 3.65. The van der Waals surface area contributed by atoms with Crippen molar-refractivity contribution in [1.82, 2.24) is 9.97 Å². The van der Waals surface area contributed by atoms with E-state index in [-0.39, 0.29) is 5.69 Å². The molecular weight excluding hydrogens is 210 g/mol. The van der Waals surface area contributed by atoms with Gasteiger partial charge in [0.2, 0.25) is 0 Å². The predicted octanol–water partition coefficient (Wildman–Crippen LogP) is 1.25. The zero-order valence-corrected chi connectivity index (χ0v) is 8.41. The van der Waals surface area contributed by atoms with Crippen LogP contribution in [0.25, 0.3) is 11.0 Å². The Labute approximate surface area is 90.7 Å². The minimum absolute atomic E-state index is 0.0938. The number of nitrogens with zero attached hydrogens (tertiary/aromatic N) is 3. The largest absolute Gasteiger partial charge is 0.610 e. The van der Waals surface area contributed by atoms with Crippen LogP contribution in [0.4, 0.5) is 0 Å². The summed E-state index contributed by atoms with van der Waals surface area (Å²) >= 11 is 0. The molecule has 0 fully saturated rings. The van der Waals surface area contributed by atoms with E-state index in [0.717, 1.165) is 0 Å². The van der Waals surface area contributed by atoms with Crippen LogP contribution in [0.3, 0.4) is 0 Å². The van der Waals surface area contributed by atoms with Crippen LogP contribution in [0.1, 0.15) is 11.4 Å². The van der Waals surface area contributed by atoms with Gasteiger partial charge in [-0.15, -0.1) is 4.90 Å². The molecule has 0 radical (unpaired) electrons. The van der Waals surface area contributed by atoms with E-state index >= 15 is 0 Å². The summed E-state index contributed by atoms with van der Waals surface area (Å²) in [5, 5.41) is 30.1. The SMILES string of the molecule is Cc1nc2ccccc2nc1C(O)=[N+]([O-])[O-]. The normalized spacial score (nSPS) is 10.3. The smallest absolute Gasteiger partial charge is 0.412 e. The molecule has 1 N–H and O–H groups in total. The summed E-state index contributed by atoms with van der Waals surface area (Å²) in [6, 6.07) is 6.98. The first-order valence-electron chi connectivity index (χ1n) is 4.53. The summed E-state index contributed by atoms with van der Waals surface area (Å²) in [5.41, 5.74) is 1.38. The Bertz CT molecular complexity index is 577. The molecule has 0 atom stereocenters. The van der Waals surface area contributed by atoms with Gasteiger partial charge in [0, 0.05) is 0 Å². The van der Waals surface area contributed by atoms with Gasteiger partial charge in [-0.2, -0.15) is 0 Å². The number of aromatic nitrogens is 2. The Kier molecular flexibility index (Phi) is 2.32. The molecule has 0 saturated heterocycles. The van der Waals surface area contributed by atoms with E-state index in [2.05, 4.69) is 9.97 Å². The fraction of sp³-hybridized carbons (Fsp3) is 0.100. The first-order chi connectivity index (χ1) is 7.59. The summed E-state index contributed by atoms with van der Waals surface area (Å²) in [6.07, 6.45) is 0. The number of rotatable bonds is 1. The number of fused-ring (bicyclic) bond motifs is 1. The van der Waals surface area contributed by atoms with Crippen molar-refractivity contribution in [2.24, 2.45) is 0 Å². The molecule has 0 saturated carbocycles. The molecule has 1 aromatic carbocycles. The van der Waals surface area contributed by atoms with Crippen molar-refractivity contribution in [3.8, 4) is 0 Å². The van der Waals surface area contributed by atoms with Crippen molar-refractivity contribution in [3.63, 3.8) is 0 Å². The van der Waals surface area contributed by atoms with Crippen molar-refractivity contribution in [2.45, 2.75) is 6.92 Å². The summed E-state index contributed by atoms with van der Waals surface area (Å²) in [4.78, 5) is 7.25. The van der Waals surface area contributed by atoms with Crippen molar-refractivity contribution in [1.29, 1.82) is 0 Å². The van der Waals surface area contributed by atoms with Gasteiger partial charge >= 0.3 is 5.90 Å². The maximum absolute atomic E-state index is 10.4. The van der Waals surface area contributed by atoms with Crippen molar-refractivity contribution < 1.29 is 10.0 Å². The van der Waals surface area contributed by atoms with E-state index in [1.165, 1.54) is 0 Å². The molecule has 6 heteroatoms. The third kappa shape index (κ3) is 1.60. The molecule has 1 heterocycles. The molecule has 0 amide bonds. The quantitative estimate of drug-likeness (QED) is 0.336. The van der Waals surface area contributed by atoms with Crippen LogP contribution in [0.15, 0.2) is 24.3 Å². The van der Waals surface area contributed by atoms with Crippen molar-refractivity contribution >= 4 is 16.9 Å². The zero-order chi connectivity index (χ0) is 11.7. The Hall–Kier alpha value is -2.37. The van der Waals surface area contributed by atoms with Gasteiger partial charge in [-0.3, -0.25) is 0 Å².